The molecule has 1 heteroatoms. The minimum atomic E-state index is 0.700. The van der Waals surface area contributed by atoms with Gasteiger partial charge in [-0.1, -0.05) is 24.3 Å². The summed E-state index contributed by atoms with van der Waals surface area (Å²) >= 11 is 0. The van der Waals surface area contributed by atoms with Gasteiger partial charge in [-0.3, -0.25) is 0 Å². The summed E-state index contributed by atoms with van der Waals surface area (Å²) in [5.74, 6) is 0. The van der Waals surface area contributed by atoms with E-state index in [2.05, 4.69) is 43.0 Å². The summed E-state index contributed by atoms with van der Waals surface area (Å²) in [6.07, 6.45) is 0. The second kappa shape index (κ2) is 3.85. The lowest BCUT2D eigenvalue weighted by Gasteiger charge is -2.06. The molecule has 18 heavy (non-hydrogen) atoms. The summed E-state index contributed by atoms with van der Waals surface area (Å²) in [6, 6.07) is 14.7. The fourth-order valence-corrected chi connectivity index (χ4v) is 2.33. The van der Waals surface area contributed by atoms with E-state index in [1.807, 2.05) is 18.2 Å². The molecule has 0 bridgehead atoms. The largest absolute Gasteiger partial charge is 0.238 e. The van der Waals surface area contributed by atoms with E-state index in [1.54, 1.807) is 0 Å². The Bertz CT molecular complexity index is 807. The van der Waals surface area contributed by atoms with Crippen LogP contribution in [0, 0.1) is 20.4 Å². The van der Waals surface area contributed by atoms with Crippen LogP contribution >= 0.6 is 0 Å². The maximum atomic E-state index is 7.07. The molecule has 3 aromatic rings. The third kappa shape index (κ3) is 1.63. The van der Waals surface area contributed by atoms with Crippen molar-refractivity contribution in [1.29, 1.82) is 0 Å². The van der Waals surface area contributed by atoms with Gasteiger partial charge in [-0.25, -0.2) is 4.85 Å². The number of hydrogen-bond donors (Lipinski definition) is 0. The monoisotopic (exact) mass is 231 g/mol. The second-order valence-electron chi connectivity index (χ2n) is 4.78. The number of fused-ring (bicyclic) bond motifs is 2. The van der Waals surface area contributed by atoms with Crippen LogP contribution in [-0.4, -0.2) is 0 Å². The van der Waals surface area contributed by atoms with Gasteiger partial charge in [0.25, 0.3) is 0 Å². The van der Waals surface area contributed by atoms with E-state index in [1.165, 1.54) is 27.3 Å². The summed E-state index contributed by atoms with van der Waals surface area (Å²) in [5.41, 5.74) is 3.33. The van der Waals surface area contributed by atoms with Crippen molar-refractivity contribution < 1.29 is 0 Å². The average molecular weight is 231 g/mol. The first-order chi connectivity index (χ1) is 8.67. The third-order valence-electron chi connectivity index (χ3n) is 3.52. The Balaban J connectivity index is 2.40. The highest BCUT2D eigenvalue weighted by atomic mass is 14.6. The van der Waals surface area contributed by atoms with Crippen LogP contribution in [0.3, 0.4) is 0 Å². The molecule has 0 radical (unpaired) electrons. The number of hydrogen-bond acceptors (Lipinski definition) is 0. The van der Waals surface area contributed by atoms with Gasteiger partial charge in [-0.05, 0) is 64.7 Å². The van der Waals surface area contributed by atoms with E-state index in [-0.39, 0.29) is 0 Å². The molecular weight excluding hydrogens is 218 g/mol. The van der Waals surface area contributed by atoms with Crippen molar-refractivity contribution >= 4 is 27.2 Å². The lowest BCUT2D eigenvalue weighted by Crippen LogP contribution is -1.82. The molecule has 0 aliphatic heterocycles. The van der Waals surface area contributed by atoms with Crippen molar-refractivity contribution in [2.24, 2.45) is 0 Å². The van der Waals surface area contributed by atoms with Gasteiger partial charge in [0.15, 0.2) is 5.69 Å². The first kappa shape index (κ1) is 10.8. The smallest absolute Gasteiger partial charge is 0.187 e. The molecule has 0 heterocycles. The maximum Gasteiger partial charge on any atom is 0.187 e. The highest BCUT2D eigenvalue weighted by Gasteiger charge is 2.02. The van der Waals surface area contributed by atoms with Gasteiger partial charge in [0, 0.05) is 0 Å². The maximum absolute atomic E-state index is 7.07. The Labute approximate surface area is 106 Å². The molecule has 0 atom stereocenters. The Morgan fingerprint density at radius 2 is 1.28 bits per heavy atom. The van der Waals surface area contributed by atoms with E-state index in [9.17, 15) is 0 Å². The lowest BCUT2D eigenvalue weighted by atomic mass is 9.99. The van der Waals surface area contributed by atoms with Crippen molar-refractivity contribution in [2.75, 3.05) is 0 Å². The molecule has 1 nitrogen and oxygen atoms in total. The van der Waals surface area contributed by atoms with Crippen LogP contribution in [0.4, 0.5) is 5.69 Å². The van der Waals surface area contributed by atoms with Crippen LogP contribution in [0.2, 0.25) is 0 Å². The zero-order valence-corrected chi connectivity index (χ0v) is 10.5. The number of aryl methyl sites for hydroxylation is 2. The first-order valence-electron chi connectivity index (χ1n) is 5.99. The van der Waals surface area contributed by atoms with Gasteiger partial charge in [0.2, 0.25) is 0 Å². The van der Waals surface area contributed by atoms with Gasteiger partial charge in [0.1, 0.15) is 0 Å². The predicted molar refractivity (Wildman–Crippen MR) is 77.2 cm³/mol. The quantitative estimate of drug-likeness (QED) is 0.372. The Morgan fingerprint density at radius 3 is 1.89 bits per heavy atom. The van der Waals surface area contributed by atoms with Gasteiger partial charge in [0.05, 0.1) is 6.57 Å². The number of nitrogens with zero attached hydrogens (tertiary/aromatic N) is 1. The van der Waals surface area contributed by atoms with Crippen molar-refractivity contribution in [2.45, 2.75) is 13.8 Å². The van der Waals surface area contributed by atoms with Gasteiger partial charge in [-0.15, -0.1) is 0 Å². The first-order valence-corrected chi connectivity index (χ1v) is 5.99. The highest BCUT2D eigenvalue weighted by molar-refractivity contribution is 5.99. The Hall–Kier alpha value is -2.33. The Kier molecular flexibility index (Phi) is 2.31. The summed E-state index contributed by atoms with van der Waals surface area (Å²) in [4.78, 5) is 3.48. The van der Waals surface area contributed by atoms with E-state index in [0.29, 0.717) is 5.69 Å². The molecule has 0 saturated carbocycles. The molecule has 0 N–H and O–H groups in total. The zero-order valence-electron chi connectivity index (χ0n) is 10.5. The molecule has 3 aromatic carbocycles. The van der Waals surface area contributed by atoms with E-state index in [4.69, 9.17) is 6.57 Å². The molecule has 86 valence electrons. The molecule has 0 saturated heterocycles. The van der Waals surface area contributed by atoms with Crippen molar-refractivity contribution in [3.63, 3.8) is 0 Å². The van der Waals surface area contributed by atoms with Crippen LogP contribution in [-0.2, 0) is 0 Å². The normalized spacial score (nSPS) is 10.7. The third-order valence-corrected chi connectivity index (χ3v) is 3.52. The molecule has 0 fully saturated rings. The second-order valence-corrected chi connectivity index (χ2v) is 4.78. The molecule has 0 unspecified atom stereocenters. The fourth-order valence-electron chi connectivity index (χ4n) is 2.33. The van der Waals surface area contributed by atoms with Gasteiger partial charge >= 0.3 is 0 Å². The molecule has 0 aromatic heterocycles. The van der Waals surface area contributed by atoms with Crippen LogP contribution < -0.4 is 0 Å². The summed E-state index contributed by atoms with van der Waals surface area (Å²) in [6.45, 7) is 11.3. The van der Waals surface area contributed by atoms with E-state index in [0.717, 1.165) is 5.39 Å². The molecular formula is C17H13N. The fraction of sp³-hybridized carbons (Fsp3) is 0.118. The van der Waals surface area contributed by atoms with E-state index >= 15 is 0 Å². The lowest BCUT2D eigenvalue weighted by molar-refractivity contribution is 1.37. The standard InChI is InChI=1S/C17H13N/c1-11-6-14-8-13-4-5-17(18-3)10-16(13)9-15(14)7-12(11)2/h4-10H,1-2H3. The van der Waals surface area contributed by atoms with Crippen LogP contribution in [0.1, 0.15) is 11.1 Å². The van der Waals surface area contributed by atoms with Crippen molar-refractivity contribution in [1.82, 2.24) is 0 Å². The molecule has 3 rings (SSSR count). The molecule has 0 aliphatic carbocycles. The topological polar surface area (TPSA) is 4.36 Å². The van der Waals surface area contributed by atoms with Crippen LogP contribution in [0.15, 0.2) is 42.5 Å². The molecule has 0 amide bonds. The summed E-state index contributed by atoms with van der Waals surface area (Å²) in [5, 5.41) is 4.84. The number of rotatable bonds is 0. The van der Waals surface area contributed by atoms with Gasteiger partial charge < -0.3 is 0 Å². The average Bonchev–Trinajstić information content (AvgIpc) is 2.37. The van der Waals surface area contributed by atoms with Crippen molar-refractivity contribution in [3.8, 4) is 0 Å². The highest BCUT2D eigenvalue weighted by Crippen LogP contribution is 2.28. The van der Waals surface area contributed by atoms with Crippen LogP contribution in [0.25, 0.3) is 26.4 Å². The molecule has 0 spiro atoms. The van der Waals surface area contributed by atoms with Crippen LogP contribution in [0.5, 0.6) is 0 Å². The predicted octanol–water partition coefficient (Wildman–Crippen LogP) is 5.16. The Morgan fingerprint density at radius 1 is 0.722 bits per heavy atom. The minimum absolute atomic E-state index is 0.700. The SMILES string of the molecule is [C-]#[N+]c1ccc2cc3cc(C)c(C)cc3cc2c1. The summed E-state index contributed by atoms with van der Waals surface area (Å²) < 4.78 is 0. The van der Waals surface area contributed by atoms with Crippen molar-refractivity contribution in [3.05, 3.63) is 65.0 Å². The van der Waals surface area contributed by atoms with Gasteiger partial charge in [-0.2, -0.15) is 0 Å². The minimum Gasteiger partial charge on any atom is -0.238 e. The number of benzene rings is 3. The van der Waals surface area contributed by atoms with E-state index < -0.39 is 0 Å². The summed E-state index contributed by atoms with van der Waals surface area (Å²) in [7, 11) is 0. The zero-order chi connectivity index (χ0) is 12.7. The molecule has 0 aliphatic rings.